The molecule has 1 radical (unpaired) electrons. The molecule has 2 nitrogen and oxygen atoms in total. The first-order valence-corrected chi connectivity index (χ1v) is 5.48. The Morgan fingerprint density at radius 1 is 1.27 bits per heavy atom. The SMILES string of the molecule is Fc1ccc(CNCc2cs[c]n2)cc1. The van der Waals surface area contributed by atoms with Crippen LogP contribution in [0.2, 0.25) is 0 Å². The smallest absolute Gasteiger partial charge is 0.152 e. The molecule has 0 spiro atoms. The average Bonchev–Trinajstić information content (AvgIpc) is 2.74. The van der Waals surface area contributed by atoms with Crippen molar-refractivity contribution in [2.75, 3.05) is 0 Å². The highest BCUT2D eigenvalue weighted by molar-refractivity contribution is 7.07. The first-order chi connectivity index (χ1) is 7.34. The molecule has 1 N–H and O–H groups in total. The van der Waals surface area contributed by atoms with Gasteiger partial charge in [0.05, 0.1) is 5.69 Å². The minimum atomic E-state index is -0.201. The Labute approximate surface area is 91.8 Å². The fourth-order valence-electron chi connectivity index (χ4n) is 1.22. The van der Waals surface area contributed by atoms with Crippen LogP contribution in [0, 0.1) is 11.3 Å². The summed E-state index contributed by atoms with van der Waals surface area (Å²) in [6.45, 7) is 1.44. The summed E-state index contributed by atoms with van der Waals surface area (Å²) >= 11 is 1.46. The molecule has 2 rings (SSSR count). The molecule has 0 saturated heterocycles. The predicted molar refractivity (Wildman–Crippen MR) is 57.9 cm³/mol. The van der Waals surface area contributed by atoms with Crippen LogP contribution < -0.4 is 5.32 Å². The minimum absolute atomic E-state index is 0.201. The van der Waals surface area contributed by atoms with E-state index in [0.717, 1.165) is 24.3 Å². The van der Waals surface area contributed by atoms with Crippen molar-refractivity contribution < 1.29 is 4.39 Å². The minimum Gasteiger partial charge on any atom is -0.307 e. The molecule has 1 aromatic heterocycles. The van der Waals surface area contributed by atoms with Gasteiger partial charge in [0.1, 0.15) is 5.82 Å². The van der Waals surface area contributed by atoms with Crippen molar-refractivity contribution in [2.24, 2.45) is 0 Å². The van der Waals surface area contributed by atoms with Crippen molar-refractivity contribution in [2.45, 2.75) is 13.1 Å². The predicted octanol–water partition coefficient (Wildman–Crippen LogP) is 2.37. The normalized spacial score (nSPS) is 10.5. The van der Waals surface area contributed by atoms with E-state index in [4.69, 9.17) is 0 Å². The van der Waals surface area contributed by atoms with E-state index in [0.29, 0.717) is 0 Å². The number of halogens is 1. The monoisotopic (exact) mass is 221 g/mol. The number of hydrogen-bond acceptors (Lipinski definition) is 3. The van der Waals surface area contributed by atoms with Crippen LogP contribution in [-0.2, 0) is 13.1 Å². The highest BCUT2D eigenvalue weighted by atomic mass is 32.1. The Hall–Kier alpha value is -1.26. The summed E-state index contributed by atoms with van der Waals surface area (Å²) < 4.78 is 12.6. The fourth-order valence-corrected chi connectivity index (χ4v) is 1.72. The molecule has 0 atom stereocenters. The zero-order valence-electron chi connectivity index (χ0n) is 8.03. The molecule has 1 aromatic carbocycles. The number of rotatable bonds is 4. The summed E-state index contributed by atoms with van der Waals surface area (Å²) in [5, 5.41) is 5.18. The Bertz CT molecular complexity index is 397. The molecule has 4 heteroatoms. The third-order valence-corrected chi connectivity index (χ3v) is 2.57. The van der Waals surface area contributed by atoms with Gasteiger partial charge < -0.3 is 5.32 Å². The number of hydrogen-bond donors (Lipinski definition) is 1. The van der Waals surface area contributed by atoms with Crippen LogP contribution in [-0.4, -0.2) is 4.98 Å². The highest BCUT2D eigenvalue weighted by Gasteiger charge is 1.96. The van der Waals surface area contributed by atoms with Crippen LogP contribution in [0.4, 0.5) is 4.39 Å². The van der Waals surface area contributed by atoms with E-state index < -0.39 is 0 Å². The van der Waals surface area contributed by atoms with Crippen molar-refractivity contribution in [1.82, 2.24) is 10.3 Å². The van der Waals surface area contributed by atoms with Gasteiger partial charge in [-0.15, -0.1) is 11.3 Å². The Balaban J connectivity index is 1.81. The van der Waals surface area contributed by atoms with E-state index in [1.807, 2.05) is 5.38 Å². The molecule has 15 heavy (non-hydrogen) atoms. The van der Waals surface area contributed by atoms with Gasteiger partial charge in [-0.1, -0.05) is 12.1 Å². The molecule has 0 aliphatic heterocycles. The van der Waals surface area contributed by atoms with Gasteiger partial charge in [0.25, 0.3) is 0 Å². The maximum absolute atomic E-state index is 12.6. The summed E-state index contributed by atoms with van der Waals surface area (Å²) in [6, 6.07) is 6.48. The first-order valence-electron chi connectivity index (χ1n) is 4.60. The van der Waals surface area contributed by atoms with Gasteiger partial charge in [-0.3, -0.25) is 0 Å². The lowest BCUT2D eigenvalue weighted by Gasteiger charge is -2.02. The van der Waals surface area contributed by atoms with Gasteiger partial charge in [-0.2, -0.15) is 0 Å². The van der Waals surface area contributed by atoms with E-state index in [1.54, 1.807) is 12.1 Å². The molecule has 0 fully saturated rings. The lowest BCUT2D eigenvalue weighted by Crippen LogP contribution is -2.12. The van der Waals surface area contributed by atoms with Gasteiger partial charge in [-0.25, -0.2) is 9.37 Å². The van der Waals surface area contributed by atoms with E-state index >= 15 is 0 Å². The van der Waals surface area contributed by atoms with Crippen LogP contribution >= 0.6 is 11.3 Å². The molecule has 0 amide bonds. The number of nitrogens with one attached hydrogen (secondary N) is 1. The average molecular weight is 221 g/mol. The molecule has 0 unspecified atom stereocenters. The van der Waals surface area contributed by atoms with Gasteiger partial charge in [0, 0.05) is 18.5 Å². The van der Waals surface area contributed by atoms with Crippen molar-refractivity contribution in [3.05, 3.63) is 52.2 Å². The van der Waals surface area contributed by atoms with Crippen LogP contribution in [0.5, 0.6) is 0 Å². The summed E-state index contributed by atoms with van der Waals surface area (Å²) in [7, 11) is 0. The lowest BCUT2D eigenvalue weighted by atomic mass is 10.2. The van der Waals surface area contributed by atoms with Gasteiger partial charge in [0.15, 0.2) is 5.51 Å². The zero-order valence-corrected chi connectivity index (χ0v) is 8.85. The van der Waals surface area contributed by atoms with Crippen LogP contribution in [0.1, 0.15) is 11.3 Å². The maximum atomic E-state index is 12.6. The van der Waals surface area contributed by atoms with E-state index in [2.05, 4.69) is 15.8 Å². The van der Waals surface area contributed by atoms with Gasteiger partial charge in [-0.05, 0) is 17.7 Å². The standard InChI is InChI=1S/C11H10FN2S/c12-10-3-1-9(2-4-10)5-13-6-11-7-15-8-14-11/h1-4,7,13H,5-6H2. The van der Waals surface area contributed by atoms with Crippen molar-refractivity contribution in [3.8, 4) is 0 Å². The second-order valence-corrected chi connectivity index (χ2v) is 3.81. The summed E-state index contributed by atoms with van der Waals surface area (Å²) in [4.78, 5) is 4.03. The van der Waals surface area contributed by atoms with E-state index in [-0.39, 0.29) is 5.82 Å². The molecule has 0 aliphatic carbocycles. The van der Waals surface area contributed by atoms with Crippen LogP contribution in [0.3, 0.4) is 0 Å². The first kappa shape index (κ1) is 10.3. The topological polar surface area (TPSA) is 24.9 Å². The van der Waals surface area contributed by atoms with Gasteiger partial charge in [0.2, 0.25) is 0 Å². The second-order valence-electron chi connectivity index (χ2n) is 3.16. The molecular weight excluding hydrogens is 211 g/mol. The second kappa shape index (κ2) is 5.00. The molecule has 0 bridgehead atoms. The summed E-state index contributed by atoms with van der Waals surface area (Å²) in [6.07, 6.45) is 0. The Morgan fingerprint density at radius 3 is 2.73 bits per heavy atom. The maximum Gasteiger partial charge on any atom is 0.152 e. The number of benzene rings is 1. The Morgan fingerprint density at radius 2 is 2.07 bits per heavy atom. The molecule has 2 aromatic rings. The molecule has 77 valence electrons. The largest absolute Gasteiger partial charge is 0.307 e. The molecule has 1 heterocycles. The number of thiazole rings is 1. The van der Waals surface area contributed by atoms with Crippen LogP contribution in [0.15, 0.2) is 29.6 Å². The van der Waals surface area contributed by atoms with Crippen molar-refractivity contribution in [1.29, 1.82) is 0 Å². The Kier molecular flexibility index (Phi) is 3.42. The number of aromatic nitrogens is 1. The van der Waals surface area contributed by atoms with E-state index in [1.165, 1.54) is 23.5 Å². The highest BCUT2D eigenvalue weighted by Crippen LogP contribution is 2.03. The van der Waals surface area contributed by atoms with Gasteiger partial charge >= 0.3 is 0 Å². The third kappa shape index (κ3) is 3.11. The number of nitrogens with zero attached hydrogens (tertiary/aromatic N) is 1. The molecule has 0 saturated carbocycles. The molecular formula is C11H10FN2S. The lowest BCUT2D eigenvalue weighted by molar-refractivity contribution is 0.624. The quantitative estimate of drug-likeness (QED) is 0.857. The molecule has 0 aliphatic rings. The third-order valence-electron chi connectivity index (χ3n) is 1.99. The summed E-state index contributed by atoms with van der Waals surface area (Å²) in [5.41, 5.74) is 4.84. The summed E-state index contributed by atoms with van der Waals surface area (Å²) in [5.74, 6) is -0.201. The van der Waals surface area contributed by atoms with Crippen molar-refractivity contribution in [3.63, 3.8) is 0 Å². The van der Waals surface area contributed by atoms with E-state index in [9.17, 15) is 4.39 Å². The van der Waals surface area contributed by atoms with Crippen molar-refractivity contribution >= 4 is 11.3 Å². The van der Waals surface area contributed by atoms with Crippen LogP contribution in [0.25, 0.3) is 0 Å². The fraction of sp³-hybridized carbons (Fsp3) is 0.182. The zero-order chi connectivity index (χ0) is 10.5.